The van der Waals surface area contributed by atoms with Gasteiger partial charge in [-0.1, -0.05) is 36.1 Å². The first-order chi connectivity index (χ1) is 13.0. The van der Waals surface area contributed by atoms with Gasteiger partial charge in [0.2, 0.25) is 0 Å². The third-order valence-corrected chi connectivity index (χ3v) is 4.25. The molecular formula is C21H22ClN5. The van der Waals surface area contributed by atoms with Gasteiger partial charge >= 0.3 is 0 Å². The van der Waals surface area contributed by atoms with Gasteiger partial charge in [-0.05, 0) is 31.3 Å². The third-order valence-electron chi connectivity index (χ3n) is 3.95. The van der Waals surface area contributed by atoms with Crippen molar-refractivity contribution >= 4 is 17.5 Å². The number of hydrogen-bond acceptors (Lipinski definition) is 4. The predicted octanol–water partition coefficient (Wildman–Crippen LogP) is 3.44. The summed E-state index contributed by atoms with van der Waals surface area (Å²) in [5, 5.41) is 4.13. The summed E-state index contributed by atoms with van der Waals surface area (Å²) in [6.07, 6.45) is 7.06. The summed E-state index contributed by atoms with van der Waals surface area (Å²) in [6.45, 7) is 1.50. The molecule has 2 aromatic heterocycles. The average Bonchev–Trinajstić information content (AvgIpc) is 3.07. The van der Waals surface area contributed by atoms with Crippen molar-refractivity contribution in [1.82, 2.24) is 19.7 Å². The van der Waals surface area contributed by atoms with Crippen LogP contribution in [0.25, 0.3) is 0 Å². The minimum atomic E-state index is 0.579. The number of pyridine rings is 1. The van der Waals surface area contributed by atoms with Crippen molar-refractivity contribution in [2.75, 3.05) is 18.5 Å². The van der Waals surface area contributed by atoms with E-state index in [0.29, 0.717) is 6.54 Å². The van der Waals surface area contributed by atoms with Crippen molar-refractivity contribution < 1.29 is 0 Å². The first kappa shape index (κ1) is 19.0. The van der Waals surface area contributed by atoms with Gasteiger partial charge in [0.1, 0.15) is 0 Å². The molecule has 0 radical (unpaired) electrons. The van der Waals surface area contributed by atoms with E-state index >= 15 is 0 Å². The molecule has 138 valence electrons. The molecule has 3 aromatic rings. The smallest absolute Gasteiger partial charge is 0.0714 e. The molecule has 0 atom stereocenters. The van der Waals surface area contributed by atoms with Gasteiger partial charge in [0.05, 0.1) is 29.6 Å². The van der Waals surface area contributed by atoms with Gasteiger partial charge in [-0.15, -0.1) is 0 Å². The minimum absolute atomic E-state index is 0.579. The van der Waals surface area contributed by atoms with Crippen molar-refractivity contribution in [1.29, 1.82) is 0 Å². The van der Waals surface area contributed by atoms with E-state index in [1.54, 1.807) is 27.7 Å². The molecule has 0 aliphatic heterocycles. The number of aryl methyl sites for hydroxylation is 1. The van der Waals surface area contributed by atoms with Crippen LogP contribution in [0.5, 0.6) is 0 Å². The first-order valence-electron chi connectivity index (χ1n) is 8.62. The second-order valence-electron chi connectivity index (χ2n) is 6.62. The largest absolute Gasteiger partial charge is 0.305 e. The average molecular weight is 380 g/mol. The molecule has 0 aliphatic carbocycles. The number of benzene rings is 1. The van der Waals surface area contributed by atoms with Crippen LogP contribution in [0.15, 0.2) is 55.1 Å². The Labute approximate surface area is 165 Å². The van der Waals surface area contributed by atoms with Crippen LogP contribution < -0.4 is 4.42 Å². The molecule has 0 spiro atoms. The molecular weight excluding hydrogens is 358 g/mol. The van der Waals surface area contributed by atoms with Gasteiger partial charge in [-0.25, -0.2) is 0 Å². The van der Waals surface area contributed by atoms with Crippen LogP contribution >= 0.6 is 11.8 Å². The second-order valence-corrected chi connectivity index (χ2v) is 7.03. The van der Waals surface area contributed by atoms with Gasteiger partial charge in [-0.2, -0.15) is 5.10 Å². The lowest BCUT2D eigenvalue weighted by atomic mass is 10.1. The van der Waals surface area contributed by atoms with E-state index in [1.165, 1.54) is 5.56 Å². The van der Waals surface area contributed by atoms with Crippen molar-refractivity contribution in [3.05, 3.63) is 77.4 Å². The van der Waals surface area contributed by atoms with E-state index in [9.17, 15) is 0 Å². The van der Waals surface area contributed by atoms with Crippen molar-refractivity contribution in [3.8, 4) is 11.8 Å². The first-order valence-corrected chi connectivity index (χ1v) is 8.95. The quantitative estimate of drug-likeness (QED) is 0.502. The fourth-order valence-electron chi connectivity index (χ4n) is 2.68. The summed E-state index contributed by atoms with van der Waals surface area (Å²) >= 11 is 6.57. The SMILES string of the molecule is CN(C)Cc1ccc(CN(Cl)c2ccncc2C#Cc2cnn(C)c2)cc1. The molecule has 0 aliphatic rings. The van der Waals surface area contributed by atoms with E-state index < -0.39 is 0 Å². The van der Waals surface area contributed by atoms with Gasteiger partial charge in [0, 0.05) is 44.0 Å². The van der Waals surface area contributed by atoms with E-state index in [2.05, 4.69) is 65.2 Å². The van der Waals surface area contributed by atoms with E-state index in [0.717, 1.165) is 28.9 Å². The Bertz CT molecular complexity index is 950. The number of nitrogens with zero attached hydrogens (tertiary/aromatic N) is 5. The lowest BCUT2D eigenvalue weighted by molar-refractivity contribution is 0.402. The van der Waals surface area contributed by atoms with Crippen molar-refractivity contribution in [2.45, 2.75) is 13.1 Å². The highest BCUT2D eigenvalue weighted by atomic mass is 35.5. The van der Waals surface area contributed by atoms with E-state index in [4.69, 9.17) is 11.8 Å². The molecule has 2 heterocycles. The normalized spacial score (nSPS) is 10.6. The lowest BCUT2D eigenvalue weighted by Gasteiger charge is -2.18. The topological polar surface area (TPSA) is 37.2 Å². The maximum Gasteiger partial charge on any atom is 0.0714 e. The molecule has 6 heteroatoms. The van der Waals surface area contributed by atoms with Crippen molar-refractivity contribution in [3.63, 3.8) is 0 Å². The Morgan fingerprint density at radius 1 is 1.00 bits per heavy atom. The van der Waals surface area contributed by atoms with E-state index in [1.807, 2.05) is 19.3 Å². The maximum atomic E-state index is 6.57. The number of aromatic nitrogens is 3. The van der Waals surface area contributed by atoms with Gasteiger partial charge < -0.3 is 4.90 Å². The van der Waals surface area contributed by atoms with Crippen LogP contribution in [0.1, 0.15) is 22.3 Å². The minimum Gasteiger partial charge on any atom is -0.305 e. The molecule has 27 heavy (non-hydrogen) atoms. The van der Waals surface area contributed by atoms with Crippen LogP contribution in [0, 0.1) is 11.8 Å². The van der Waals surface area contributed by atoms with Gasteiger partial charge in [0.25, 0.3) is 0 Å². The molecule has 3 rings (SSSR count). The molecule has 0 saturated heterocycles. The number of halogens is 1. The zero-order chi connectivity index (χ0) is 19.2. The Balaban J connectivity index is 1.75. The van der Waals surface area contributed by atoms with Crippen LogP contribution in [0.4, 0.5) is 5.69 Å². The third kappa shape index (κ3) is 5.33. The highest BCUT2D eigenvalue weighted by Gasteiger charge is 2.09. The Hall–Kier alpha value is -2.81. The summed E-state index contributed by atoms with van der Waals surface area (Å²) in [5.74, 6) is 6.25. The zero-order valence-corrected chi connectivity index (χ0v) is 16.5. The lowest BCUT2D eigenvalue weighted by Crippen LogP contribution is -2.12. The van der Waals surface area contributed by atoms with Crippen LogP contribution in [-0.4, -0.2) is 33.8 Å². The fourth-order valence-corrected chi connectivity index (χ4v) is 2.97. The van der Waals surface area contributed by atoms with Gasteiger partial charge in [0.15, 0.2) is 0 Å². The maximum absolute atomic E-state index is 6.57. The summed E-state index contributed by atoms with van der Waals surface area (Å²) in [7, 11) is 5.99. The summed E-state index contributed by atoms with van der Waals surface area (Å²) in [4.78, 5) is 6.32. The van der Waals surface area contributed by atoms with Gasteiger partial charge in [-0.3, -0.25) is 14.1 Å². The summed E-state index contributed by atoms with van der Waals surface area (Å²) < 4.78 is 3.40. The van der Waals surface area contributed by atoms with Crippen LogP contribution in [0.3, 0.4) is 0 Å². The molecule has 0 saturated carbocycles. The Morgan fingerprint density at radius 2 is 1.70 bits per heavy atom. The molecule has 1 aromatic carbocycles. The molecule has 0 unspecified atom stereocenters. The summed E-state index contributed by atoms with van der Waals surface area (Å²) in [6, 6.07) is 10.4. The standard InChI is InChI=1S/C21H22ClN5/c1-25(2)14-17-4-6-18(7-5-17)16-27(22)21-10-11-23-13-20(21)9-8-19-12-24-26(3)15-19/h4-7,10-13,15H,14,16H2,1-3H3. The highest BCUT2D eigenvalue weighted by molar-refractivity contribution is 6.25. The summed E-state index contributed by atoms with van der Waals surface area (Å²) in [5.41, 5.74) is 4.87. The monoisotopic (exact) mass is 379 g/mol. The predicted molar refractivity (Wildman–Crippen MR) is 109 cm³/mol. The Morgan fingerprint density at radius 3 is 2.33 bits per heavy atom. The van der Waals surface area contributed by atoms with Crippen LogP contribution in [-0.2, 0) is 20.1 Å². The van der Waals surface area contributed by atoms with Crippen molar-refractivity contribution in [2.24, 2.45) is 7.05 Å². The highest BCUT2D eigenvalue weighted by Crippen LogP contribution is 2.23. The molecule has 0 amide bonds. The Kier molecular flexibility index (Phi) is 6.12. The number of anilines is 1. The number of rotatable bonds is 5. The second kappa shape index (κ2) is 8.72. The molecule has 0 fully saturated rings. The molecule has 5 nitrogen and oxygen atoms in total. The van der Waals surface area contributed by atoms with E-state index in [-0.39, 0.29) is 0 Å². The molecule has 0 bridgehead atoms. The fraction of sp³-hybridized carbons (Fsp3) is 0.238. The zero-order valence-electron chi connectivity index (χ0n) is 15.7. The molecule has 0 N–H and O–H groups in total. The number of hydrogen-bond donors (Lipinski definition) is 0. The van der Waals surface area contributed by atoms with Crippen LogP contribution in [0.2, 0.25) is 0 Å².